The molecule has 0 aliphatic carbocycles. The summed E-state index contributed by atoms with van der Waals surface area (Å²) >= 11 is 10.7. The second kappa shape index (κ2) is 7.11. The molecule has 1 aromatic heterocycles. The molecule has 0 unspecified atom stereocenters. The first-order valence-corrected chi connectivity index (χ1v) is 9.72. The van der Waals surface area contributed by atoms with E-state index in [1.54, 1.807) is 29.6 Å². The highest BCUT2D eigenvalue weighted by Gasteiger charge is 2.18. The number of rotatable bonds is 6. The van der Waals surface area contributed by atoms with Crippen molar-refractivity contribution in [1.29, 1.82) is 0 Å². The average molecular weight is 410 g/mol. The summed E-state index contributed by atoms with van der Waals surface area (Å²) in [4.78, 5) is 1.23. The number of anilines is 1. The highest BCUT2D eigenvalue weighted by molar-refractivity contribution is 9.10. The van der Waals surface area contributed by atoms with E-state index in [2.05, 4.69) is 26.0 Å². The molecule has 0 saturated carbocycles. The topological polar surface area (TPSA) is 58.2 Å². The van der Waals surface area contributed by atoms with Crippen LogP contribution < -0.4 is 10.0 Å². The van der Waals surface area contributed by atoms with Gasteiger partial charge in [0.2, 0.25) is 0 Å². The van der Waals surface area contributed by atoms with Crippen molar-refractivity contribution in [2.24, 2.45) is 0 Å². The zero-order valence-corrected chi connectivity index (χ0v) is 15.2. The Kier molecular flexibility index (Phi) is 5.67. The Hall–Kier alpha value is -0.600. The average Bonchev–Trinajstić information content (AvgIpc) is 2.91. The van der Waals surface area contributed by atoms with Crippen molar-refractivity contribution in [1.82, 2.24) is 5.32 Å². The van der Waals surface area contributed by atoms with Gasteiger partial charge in [0.1, 0.15) is 0 Å². The summed E-state index contributed by atoms with van der Waals surface area (Å²) in [5, 5.41) is 5.25. The maximum absolute atomic E-state index is 12.4. The predicted molar refractivity (Wildman–Crippen MR) is 91.7 cm³/mol. The van der Waals surface area contributed by atoms with E-state index in [4.69, 9.17) is 11.6 Å². The second-order valence-corrected chi connectivity index (χ2v) is 8.11. The predicted octanol–water partition coefficient (Wildman–Crippen LogP) is 4.07. The summed E-state index contributed by atoms with van der Waals surface area (Å²) in [5.74, 6) is 0. The van der Waals surface area contributed by atoms with Crippen LogP contribution in [0, 0.1) is 0 Å². The molecule has 0 saturated heterocycles. The molecule has 1 aromatic carbocycles. The van der Waals surface area contributed by atoms with Gasteiger partial charge in [0, 0.05) is 16.8 Å². The molecule has 0 spiro atoms. The van der Waals surface area contributed by atoms with Gasteiger partial charge < -0.3 is 5.32 Å². The van der Waals surface area contributed by atoms with Gasteiger partial charge in [0.05, 0.1) is 20.1 Å². The van der Waals surface area contributed by atoms with Gasteiger partial charge in [0.15, 0.2) is 0 Å². The minimum absolute atomic E-state index is 0.257. The quantitative estimate of drug-likeness (QED) is 0.756. The van der Waals surface area contributed by atoms with Gasteiger partial charge in [0.25, 0.3) is 10.0 Å². The molecule has 21 heavy (non-hydrogen) atoms. The Balaban J connectivity index is 2.22. The summed E-state index contributed by atoms with van der Waals surface area (Å²) in [6.07, 6.45) is 0. The van der Waals surface area contributed by atoms with Crippen LogP contribution in [0.1, 0.15) is 11.8 Å². The highest BCUT2D eigenvalue weighted by atomic mass is 79.9. The number of benzene rings is 1. The summed E-state index contributed by atoms with van der Waals surface area (Å²) in [7, 11) is -3.61. The lowest BCUT2D eigenvalue weighted by atomic mass is 10.3. The molecule has 2 rings (SSSR count). The van der Waals surface area contributed by atoms with Crippen LogP contribution in [0.4, 0.5) is 5.69 Å². The maximum Gasteiger partial charge on any atom is 0.262 e. The van der Waals surface area contributed by atoms with E-state index in [9.17, 15) is 8.42 Å². The lowest BCUT2D eigenvalue weighted by molar-refractivity contribution is 0.601. The molecular formula is C13H14BrClN2O2S2. The first kappa shape index (κ1) is 16.8. The Morgan fingerprint density at radius 3 is 2.86 bits per heavy atom. The van der Waals surface area contributed by atoms with E-state index in [0.717, 1.165) is 11.4 Å². The molecule has 114 valence electrons. The van der Waals surface area contributed by atoms with Crippen molar-refractivity contribution in [3.8, 4) is 0 Å². The SMILES string of the molecule is CCNCc1cc(S(=O)(=O)Nc2cccc(Cl)c2Br)cs1. The molecule has 0 aliphatic heterocycles. The molecule has 2 N–H and O–H groups in total. The van der Waals surface area contributed by atoms with Gasteiger partial charge in [-0.05, 0) is 40.7 Å². The van der Waals surface area contributed by atoms with Crippen molar-refractivity contribution in [2.75, 3.05) is 11.3 Å². The van der Waals surface area contributed by atoms with Gasteiger partial charge in [-0.25, -0.2) is 8.42 Å². The maximum atomic E-state index is 12.4. The first-order valence-electron chi connectivity index (χ1n) is 6.19. The summed E-state index contributed by atoms with van der Waals surface area (Å²) in [5.41, 5.74) is 0.418. The van der Waals surface area contributed by atoms with Crippen molar-refractivity contribution < 1.29 is 8.42 Å². The Bertz CT molecular complexity index is 732. The van der Waals surface area contributed by atoms with E-state index in [1.165, 1.54) is 11.3 Å². The van der Waals surface area contributed by atoms with Crippen molar-refractivity contribution in [2.45, 2.75) is 18.4 Å². The molecule has 0 amide bonds. The zero-order chi connectivity index (χ0) is 15.5. The van der Waals surface area contributed by atoms with E-state index in [0.29, 0.717) is 21.7 Å². The summed E-state index contributed by atoms with van der Waals surface area (Å²) in [6.45, 7) is 3.51. The molecule has 4 nitrogen and oxygen atoms in total. The molecule has 2 aromatic rings. The third kappa shape index (κ3) is 4.20. The first-order chi connectivity index (χ1) is 9.94. The van der Waals surface area contributed by atoms with Gasteiger partial charge in [-0.1, -0.05) is 24.6 Å². The van der Waals surface area contributed by atoms with Crippen LogP contribution in [0.5, 0.6) is 0 Å². The summed E-state index contributed by atoms with van der Waals surface area (Å²) in [6, 6.07) is 6.70. The van der Waals surface area contributed by atoms with Crippen molar-refractivity contribution in [3.63, 3.8) is 0 Å². The van der Waals surface area contributed by atoms with Crippen molar-refractivity contribution in [3.05, 3.63) is 44.0 Å². The number of sulfonamides is 1. The molecule has 1 heterocycles. The van der Waals surface area contributed by atoms with Gasteiger partial charge in [-0.3, -0.25) is 4.72 Å². The van der Waals surface area contributed by atoms with Crippen LogP contribution in [-0.2, 0) is 16.6 Å². The Morgan fingerprint density at radius 2 is 2.14 bits per heavy atom. The van der Waals surface area contributed by atoms with Crippen LogP contribution in [0.2, 0.25) is 5.02 Å². The minimum Gasteiger partial charge on any atom is -0.312 e. The van der Waals surface area contributed by atoms with Crippen LogP contribution >= 0.6 is 38.9 Å². The van der Waals surface area contributed by atoms with Crippen LogP contribution in [-0.4, -0.2) is 15.0 Å². The largest absolute Gasteiger partial charge is 0.312 e. The lowest BCUT2D eigenvalue weighted by Crippen LogP contribution is -2.13. The third-order valence-electron chi connectivity index (χ3n) is 2.69. The highest BCUT2D eigenvalue weighted by Crippen LogP contribution is 2.32. The lowest BCUT2D eigenvalue weighted by Gasteiger charge is -2.09. The Labute approximate surface area is 141 Å². The van der Waals surface area contributed by atoms with Gasteiger partial charge in [-0.2, -0.15) is 0 Å². The van der Waals surface area contributed by atoms with Crippen LogP contribution in [0.15, 0.2) is 39.0 Å². The molecule has 0 radical (unpaired) electrons. The van der Waals surface area contributed by atoms with Gasteiger partial charge >= 0.3 is 0 Å². The second-order valence-electron chi connectivity index (χ2n) is 4.24. The molecule has 0 fully saturated rings. The number of thiophene rings is 1. The van der Waals surface area contributed by atoms with E-state index in [-0.39, 0.29) is 4.90 Å². The van der Waals surface area contributed by atoms with Gasteiger partial charge in [-0.15, -0.1) is 11.3 Å². The smallest absolute Gasteiger partial charge is 0.262 e. The van der Waals surface area contributed by atoms with E-state index in [1.807, 2.05) is 6.92 Å². The van der Waals surface area contributed by atoms with E-state index >= 15 is 0 Å². The molecule has 8 heteroatoms. The third-order valence-corrected chi connectivity index (χ3v) is 6.51. The monoisotopic (exact) mass is 408 g/mol. The van der Waals surface area contributed by atoms with Crippen molar-refractivity contribution >= 4 is 54.6 Å². The minimum atomic E-state index is -3.61. The molecule has 0 atom stereocenters. The van der Waals surface area contributed by atoms with Crippen LogP contribution in [0.3, 0.4) is 0 Å². The van der Waals surface area contributed by atoms with Crippen LogP contribution in [0.25, 0.3) is 0 Å². The standard InChI is InChI=1S/C13H14BrClN2O2S2/c1-2-16-7-9-6-10(8-20-9)21(18,19)17-12-5-3-4-11(15)13(12)14/h3-6,8,16-17H,2,7H2,1H3. The fraction of sp³-hybridized carbons (Fsp3) is 0.231. The number of nitrogens with one attached hydrogen (secondary N) is 2. The summed E-state index contributed by atoms with van der Waals surface area (Å²) < 4.78 is 27.8. The van der Waals surface area contributed by atoms with E-state index < -0.39 is 10.0 Å². The molecule has 0 bridgehead atoms. The number of hydrogen-bond acceptors (Lipinski definition) is 4. The fourth-order valence-corrected chi connectivity index (χ4v) is 4.61. The molecular weight excluding hydrogens is 396 g/mol. The normalized spacial score (nSPS) is 11.6. The Morgan fingerprint density at radius 1 is 1.38 bits per heavy atom. The number of halogens is 2. The molecule has 0 aliphatic rings. The number of hydrogen-bond donors (Lipinski definition) is 2. The fourth-order valence-electron chi connectivity index (χ4n) is 1.63. The zero-order valence-electron chi connectivity index (χ0n) is 11.2.